The third kappa shape index (κ3) is 7.11. The molecule has 1 rings (SSSR count). The second kappa shape index (κ2) is 9.78. The highest BCUT2D eigenvalue weighted by Gasteiger charge is 2.32. The summed E-state index contributed by atoms with van der Waals surface area (Å²) >= 11 is 1.65. The predicted molar refractivity (Wildman–Crippen MR) is 103 cm³/mol. The van der Waals surface area contributed by atoms with Crippen molar-refractivity contribution >= 4 is 32.6 Å². The van der Waals surface area contributed by atoms with Crippen LogP contribution >= 0.6 is 11.8 Å². The van der Waals surface area contributed by atoms with E-state index in [1.165, 1.54) is 0 Å². The summed E-state index contributed by atoms with van der Waals surface area (Å²) in [5.74, 6) is 1.30. The zero-order chi connectivity index (χ0) is 18.3. The highest BCUT2D eigenvalue weighted by Crippen LogP contribution is 2.39. The number of allylic oxidation sites excluding steroid dienone is 2. The number of rotatable bonds is 9. The molecule has 2 atom stereocenters. The van der Waals surface area contributed by atoms with E-state index in [-0.39, 0.29) is 17.2 Å². The number of hydrogen-bond donors (Lipinski definition) is 0. The molecule has 4 nitrogen and oxygen atoms in total. The molecule has 0 aromatic carbocycles. The highest BCUT2D eigenvalue weighted by atomic mass is 32.2. The van der Waals surface area contributed by atoms with Crippen molar-refractivity contribution in [2.45, 2.75) is 65.7 Å². The summed E-state index contributed by atoms with van der Waals surface area (Å²) < 4.78 is 10.6. The van der Waals surface area contributed by atoms with E-state index in [4.69, 9.17) is 9.16 Å². The third-order valence-corrected chi connectivity index (χ3v) is 6.03. The normalized spacial score (nSPS) is 19.5. The molecule has 0 amide bonds. The van der Waals surface area contributed by atoms with Gasteiger partial charge in [0.05, 0.1) is 0 Å². The van der Waals surface area contributed by atoms with E-state index in [1.807, 2.05) is 13.1 Å². The van der Waals surface area contributed by atoms with Crippen LogP contribution in [0.15, 0.2) is 11.0 Å². The Hall–Kier alpha value is -0.593. The van der Waals surface area contributed by atoms with Gasteiger partial charge in [0.1, 0.15) is 0 Å². The number of methoxy groups -OCH3 is 1. The second-order valence-electron chi connectivity index (χ2n) is 7.68. The Balaban J connectivity index is 2.31. The van der Waals surface area contributed by atoms with Crippen LogP contribution in [0.5, 0.6) is 0 Å². The first-order chi connectivity index (χ1) is 11.1. The van der Waals surface area contributed by atoms with E-state index in [0.29, 0.717) is 18.8 Å². The lowest BCUT2D eigenvalue weighted by Crippen LogP contribution is -2.29. The van der Waals surface area contributed by atoms with Crippen molar-refractivity contribution in [2.24, 2.45) is 11.3 Å². The first-order valence-electron chi connectivity index (χ1n) is 8.76. The van der Waals surface area contributed by atoms with Crippen LogP contribution in [-0.2, 0) is 18.8 Å². The van der Waals surface area contributed by atoms with Gasteiger partial charge >= 0.3 is 5.97 Å². The van der Waals surface area contributed by atoms with Gasteiger partial charge in [0.15, 0.2) is 11.9 Å². The van der Waals surface area contributed by atoms with Gasteiger partial charge in [0, 0.05) is 18.4 Å². The Kier molecular flexibility index (Phi) is 8.74. The molecule has 0 heterocycles. The quantitative estimate of drug-likeness (QED) is 0.453. The van der Waals surface area contributed by atoms with Gasteiger partial charge in [0.25, 0.3) is 0 Å². The summed E-state index contributed by atoms with van der Waals surface area (Å²) in [6, 6.07) is 0. The lowest BCUT2D eigenvalue weighted by atomic mass is 9.80. The van der Waals surface area contributed by atoms with Gasteiger partial charge in [-0.05, 0) is 49.4 Å². The van der Waals surface area contributed by atoms with Gasteiger partial charge in [-0.2, -0.15) is 0 Å². The summed E-state index contributed by atoms with van der Waals surface area (Å²) in [5.41, 5.74) is 0.143. The van der Waals surface area contributed by atoms with Gasteiger partial charge in [-0.3, -0.25) is 9.59 Å². The monoisotopic (exact) mass is 372 g/mol. The average molecular weight is 373 g/mol. The Morgan fingerprint density at radius 3 is 2.54 bits per heavy atom. The van der Waals surface area contributed by atoms with Crippen LogP contribution in [0.4, 0.5) is 0 Å². The van der Waals surface area contributed by atoms with Crippen molar-refractivity contribution in [3.8, 4) is 0 Å². The molecule has 138 valence electrons. The zero-order valence-electron chi connectivity index (χ0n) is 15.9. The molecule has 0 spiro atoms. The molecular formula is C18H32O4SSi. The van der Waals surface area contributed by atoms with Crippen molar-refractivity contribution < 1.29 is 18.8 Å². The van der Waals surface area contributed by atoms with E-state index in [0.717, 1.165) is 23.5 Å². The minimum absolute atomic E-state index is 0.143. The molecule has 0 saturated carbocycles. The fourth-order valence-corrected chi connectivity index (χ4v) is 4.26. The molecule has 6 heteroatoms. The van der Waals surface area contributed by atoms with Gasteiger partial charge in [0.2, 0.25) is 9.04 Å². The van der Waals surface area contributed by atoms with E-state index < -0.39 is 15.1 Å². The maximum absolute atomic E-state index is 12.1. The highest BCUT2D eigenvalue weighted by molar-refractivity contribution is 8.04. The number of thioether (sulfide) groups is 1. The molecule has 0 fully saturated rings. The van der Waals surface area contributed by atoms with Crippen LogP contribution in [0.1, 0.15) is 46.5 Å². The number of ketones is 1. The minimum atomic E-state index is -1.37. The first kappa shape index (κ1) is 21.4. The van der Waals surface area contributed by atoms with E-state index in [1.54, 1.807) is 18.9 Å². The fraction of sp³-hybridized carbons (Fsp3) is 0.778. The summed E-state index contributed by atoms with van der Waals surface area (Å²) in [4.78, 5) is 24.9. The summed E-state index contributed by atoms with van der Waals surface area (Å²) in [6.45, 7) is 10.5. The summed E-state index contributed by atoms with van der Waals surface area (Å²) in [6.07, 6.45) is 4.86. The molecule has 0 N–H and O–H groups in total. The smallest absolute Gasteiger partial charge is 0.321 e. The van der Waals surface area contributed by atoms with Crippen molar-refractivity contribution in [1.29, 1.82) is 0 Å². The Bertz CT molecular complexity index is 468. The molecule has 24 heavy (non-hydrogen) atoms. The number of hydrogen-bond acceptors (Lipinski definition) is 5. The maximum atomic E-state index is 12.1. The van der Waals surface area contributed by atoms with Crippen LogP contribution in [0, 0.1) is 11.3 Å². The minimum Gasteiger partial charge on any atom is -0.521 e. The van der Waals surface area contributed by atoms with Crippen LogP contribution in [0.3, 0.4) is 0 Å². The Labute approximate surface area is 152 Å². The van der Waals surface area contributed by atoms with Crippen molar-refractivity contribution in [3.63, 3.8) is 0 Å². The second-order valence-corrected chi connectivity index (χ2v) is 11.2. The van der Waals surface area contributed by atoms with Gasteiger partial charge in [-0.25, -0.2) is 0 Å². The molecule has 1 aliphatic carbocycles. The van der Waals surface area contributed by atoms with Crippen LogP contribution in [-0.4, -0.2) is 39.8 Å². The third-order valence-electron chi connectivity index (χ3n) is 4.16. The van der Waals surface area contributed by atoms with Crippen molar-refractivity contribution in [1.82, 2.24) is 0 Å². The van der Waals surface area contributed by atoms with E-state index in [2.05, 4.69) is 26.8 Å². The van der Waals surface area contributed by atoms with Gasteiger partial charge in [-0.15, -0.1) is 11.8 Å². The van der Waals surface area contributed by atoms with Crippen LogP contribution in [0.2, 0.25) is 13.1 Å². The first-order valence-corrected chi connectivity index (χ1v) is 12.5. The van der Waals surface area contributed by atoms with Crippen LogP contribution < -0.4 is 0 Å². The number of Topliss-reactive ketones (excluding diaryl/α,β-unsaturated/α-hetero) is 1. The maximum Gasteiger partial charge on any atom is 0.321 e. The number of ether oxygens (including phenoxy) is 1. The fourth-order valence-electron chi connectivity index (χ4n) is 2.57. The zero-order valence-corrected chi connectivity index (χ0v) is 17.9. The predicted octanol–water partition coefficient (Wildman–Crippen LogP) is 3.95. The topological polar surface area (TPSA) is 52.6 Å². The van der Waals surface area contributed by atoms with Crippen molar-refractivity contribution in [3.05, 3.63) is 11.0 Å². The molecule has 0 bridgehead atoms. The lowest BCUT2D eigenvalue weighted by molar-refractivity contribution is -0.146. The lowest BCUT2D eigenvalue weighted by Gasteiger charge is -2.24. The molecule has 0 saturated heterocycles. The average Bonchev–Trinajstić information content (AvgIpc) is 2.83. The molecule has 0 aromatic rings. The molecule has 0 aliphatic heterocycles. The Morgan fingerprint density at radius 2 is 2.04 bits per heavy atom. The standard InChI is InChI=1S/C18H32O4SSi/c1-18(2,3)13-11-14(19)16(12-13)23-10-8-7-9-15(21-4)17(20)22-24(5)6/h12-13,15,24H,7-11H2,1-6H3. The number of carbonyl (C=O) groups excluding carboxylic acids is 2. The number of unbranched alkanes of at least 4 members (excludes halogenated alkanes) is 1. The summed E-state index contributed by atoms with van der Waals surface area (Å²) in [5, 5.41) is 0. The number of carbonyl (C=O) groups is 2. The molecule has 0 radical (unpaired) electrons. The SMILES string of the molecule is COC(CCCCSC1=CC(C(C)(C)C)CC1=O)C(=O)O[SiH](C)C. The summed E-state index contributed by atoms with van der Waals surface area (Å²) in [7, 11) is 0.186. The molecule has 1 aliphatic rings. The Morgan fingerprint density at radius 1 is 1.38 bits per heavy atom. The van der Waals surface area contributed by atoms with Gasteiger partial charge in [-0.1, -0.05) is 26.8 Å². The molecule has 2 unspecified atom stereocenters. The molecule has 0 aromatic heterocycles. The van der Waals surface area contributed by atoms with Gasteiger partial charge < -0.3 is 9.16 Å². The van der Waals surface area contributed by atoms with Crippen LogP contribution in [0.25, 0.3) is 0 Å². The van der Waals surface area contributed by atoms with E-state index >= 15 is 0 Å². The largest absolute Gasteiger partial charge is 0.521 e. The molecular weight excluding hydrogens is 340 g/mol. The van der Waals surface area contributed by atoms with Crippen molar-refractivity contribution in [2.75, 3.05) is 12.9 Å². The van der Waals surface area contributed by atoms with E-state index in [9.17, 15) is 9.59 Å².